The second kappa shape index (κ2) is 7.16. The van der Waals surface area contributed by atoms with Gasteiger partial charge < -0.3 is 10.1 Å². The molecule has 0 saturated carbocycles. The first-order chi connectivity index (χ1) is 9.95. The molecular formula is C15H12BrCl2NO2. The van der Waals surface area contributed by atoms with Gasteiger partial charge in [0.25, 0.3) is 5.91 Å². The van der Waals surface area contributed by atoms with Crippen LogP contribution in [0.25, 0.3) is 0 Å². The summed E-state index contributed by atoms with van der Waals surface area (Å²) in [5.74, 6) is 0.178. The minimum absolute atomic E-state index is 0.132. The highest BCUT2D eigenvalue weighted by Gasteiger charge is 2.08. The van der Waals surface area contributed by atoms with E-state index in [-0.39, 0.29) is 12.5 Å². The Balaban J connectivity index is 1.97. The SMILES string of the molecule is Cc1ccc(Cl)cc1NC(=O)COc1ccc(Br)cc1Cl. The third kappa shape index (κ3) is 4.63. The molecule has 0 bridgehead atoms. The van der Waals surface area contributed by atoms with Crippen LogP contribution in [0.1, 0.15) is 5.56 Å². The van der Waals surface area contributed by atoms with Gasteiger partial charge in [-0.1, -0.05) is 45.2 Å². The van der Waals surface area contributed by atoms with Crippen molar-refractivity contribution in [2.45, 2.75) is 6.92 Å². The second-order valence-electron chi connectivity index (χ2n) is 4.37. The van der Waals surface area contributed by atoms with Crippen molar-refractivity contribution in [1.29, 1.82) is 0 Å². The number of hydrogen-bond donors (Lipinski definition) is 1. The maximum Gasteiger partial charge on any atom is 0.262 e. The Kier molecular flexibility index (Phi) is 5.51. The van der Waals surface area contributed by atoms with Crippen LogP contribution in [0.4, 0.5) is 5.69 Å². The number of aryl methyl sites for hydroxylation is 1. The highest BCUT2D eigenvalue weighted by Crippen LogP contribution is 2.27. The van der Waals surface area contributed by atoms with E-state index >= 15 is 0 Å². The molecule has 0 spiro atoms. The first kappa shape index (κ1) is 16.1. The van der Waals surface area contributed by atoms with Crippen LogP contribution in [-0.4, -0.2) is 12.5 Å². The summed E-state index contributed by atoms with van der Waals surface area (Å²) in [5, 5.41) is 3.75. The topological polar surface area (TPSA) is 38.3 Å². The molecule has 0 aromatic heterocycles. The molecule has 1 amide bonds. The van der Waals surface area contributed by atoms with Crippen molar-refractivity contribution in [2.24, 2.45) is 0 Å². The molecule has 2 aromatic rings. The molecule has 2 aromatic carbocycles. The van der Waals surface area contributed by atoms with Crippen LogP contribution in [0.15, 0.2) is 40.9 Å². The number of amides is 1. The molecule has 3 nitrogen and oxygen atoms in total. The van der Waals surface area contributed by atoms with Crippen LogP contribution in [0.2, 0.25) is 10.0 Å². The number of benzene rings is 2. The van der Waals surface area contributed by atoms with Gasteiger partial charge in [0.15, 0.2) is 6.61 Å². The van der Waals surface area contributed by atoms with E-state index in [0.717, 1.165) is 10.0 Å². The summed E-state index contributed by atoms with van der Waals surface area (Å²) in [6.07, 6.45) is 0. The maximum atomic E-state index is 11.9. The first-order valence-corrected chi connectivity index (χ1v) is 7.64. The third-order valence-corrected chi connectivity index (χ3v) is 3.75. The van der Waals surface area contributed by atoms with E-state index in [2.05, 4.69) is 21.2 Å². The predicted octanol–water partition coefficient (Wildman–Crippen LogP) is 5.08. The minimum Gasteiger partial charge on any atom is -0.482 e. The number of anilines is 1. The zero-order chi connectivity index (χ0) is 15.4. The normalized spacial score (nSPS) is 10.3. The molecule has 2 rings (SSSR count). The molecular weight excluding hydrogens is 377 g/mol. The fourth-order valence-corrected chi connectivity index (χ4v) is 2.55. The fourth-order valence-electron chi connectivity index (χ4n) is 1.65. The van der Waals surface area contributed by atoms with Gasteiger partial charge in [-0.2, -0.15) is 0 Å². The molecule has 0 radical (unpaired) electrons. The Bertz CT molecular complexity index is 677. The van der Waals surface area contributed by atoms with Gasteiger partial charge in [0.1, 0.15) is 5.75 Å². The Morgan fingerprint density at radius 1 is 1.24 bits per heavy atom. The van der Waals surface area contributed by atoms with Crippen molar-refractivity contribution in [3.8, 4) is 5.75 Å². The summed E-state index contributed by atoms with van der Waals surface area (Å²) < 4.78 is 6.24. The largest absolute Gasteiger partial charge is 0.482 e. The quantitative estimate of drug-likeness (QED) is 0.792. The van der Waals surface area contributed by atoms with Gasteiger partial charge in [-0.3, -0.25) is 4.79 Å². The van der Waals surface area contributed by atoms with E-state index in [9.17, 15) is 4.79 Å². The van der Waals surface area contributed by atoms with Crippen LogP contribution in [0.3, 0.4) is 0 Å². The molecule has 0 unspecified atom stereocenters. The van der Waals surface area contributed by atoms with Crippen molar-refractivity contribution < 1.29 is 9.53 Å². The van der Waals surface area contributed by atoms with E-state index in [1.165, 1.54) is 0 Å². The molecule has 0 atom stereocenters. The Morgan fingerprint density at radius 2 is 2.00 bits per heavy atom. The number of ether oxygens (including phenoxy) is 1. The Morgan fingerprint density at radius 3 is 2.71 bits per heavy atom. The molecule has 1 N–H and O–H groups in total. The molecule has 0 aliphatic carbocycles. The second-order valence-corrected chi connectivity index (χ2v) is 6.13. The summed E-state index contributed by atoms with van der Waals surface area (Å²) >= 11 is 15.2. The van der Waals surface area contributed by atoms with Crippen LogP contribution < -0.4 is 10.1 Å². The molecule has 110 valence electrons. The maximum absolute atomic E-state index is 11.9. The monoisotopic (exact) mass is 387 g/mol. The smallest absolute Gasteiger partial charge is 0.262 e. The van der Waals surface area contributed by atoms with Gasteiger partial charge in [0, 0.05) is 15.2 Å². The number of rotatable bonds is 4. The Hall–Kier alpha value is -1.23. The van der Waals surface area contributed by atoms with Crippen molar-refractivity contribution in [2.75, 3.05) is 11.9 Å². The standard InChI is InChI=1S/C15H12BrCl2NO2/c1-9-2-4-11(17)7-13(9)19-15(20)8-21-14-5-3-10(16)6-12(14)18/h2-7H,8H2,1H3,(H,19,20). The summed E-state index contributed by atoms with van der Waals surface area (Å²) in [4.78, 5) is 11.9. The van der Waals surface area contributed by atoms with Crippen LogP contribution >= 0.6 is 39.1 Å². The molecule has 0 aliphatic heterocycles. The van der Waals surface area contributed by atoms with Gasteiger partial charge in [-0.15, -0.1) is 0 Å². The van der Waals surface area contributed by atoms with Crippen LogP contribution in [0, 0.1) is 6.92 Å². The number of halogens is 3. The lowest BCUT2D eigenvalue weighted by Crippen LogP contribution is -2.20. The molecule has 0 saturated heterocycles. The van der Waals surface area contributed by atoms with Crippen molar-refractivity contribution in [3.05, 3.63) is 56.5 Å². The predicted molar refractivity (Wildman–Crippen MR) is 89.5 cm³/mol. The van der Waals surface area contributed by atoms with Crippen molar-refractivity contribution in [1.82, 2.24) is 0 Å². The zero-order valence-electron chi connectivity index (χ0n) is 11.1. The van der Waals surface area contributed by atoms with Gasteiger partial charge in [-0.25, -0.2) is 0 Å². The third-order valence-electron chi connectivity index (χ3n) is 2.73. The highest BCUT2D eigenvalue weighted by atomic mass is 79.9. The minimum atomic E-state index is -0.278. The van der Waals surface area contributed by atoms with Gasteiger partial charge in [-0.05, 0) is 42.8 Å². The molecule has 0 fully saturated rings. The summed E-state index contributed by atoms with van der Waals surface area (Å²) in [5.41, 5.74) is 1.59. The Labute approximate surface area is 141 Å². The number of nitrogens with one attached hydrogen (secondary N) is 1. The van der Waals surface area contributed by atoms with Gasteiger partial charge in [0.05, 0.1) is 5.02 Å². The average Bonchev–Trinajstić information content (AvgIpc) is 2.42. The van der Waals surface area contributed by atoms with E-state index in [0.29, 0.717) is 21.5 Å². The lowest BCUT2D eigenvalue weighted by Gasteiger charge is -2.11. The van der Waals surface area contributed by atoms with Crippen molar-refractivity contribution in [3.63, 3.8) is 0 Å². The van der Waals surface area contributed by atoms with Crippen molar-refractivity contribution >= 4 is 50.7 Å². The highest BCUT2D eigenvalue weighted by molar-refractivity contribution is 9.10. The summed E-state index contributed by atoms with van der Waals surface area (Å²) in [7, 11) is 0. The lowest BCUT2D eigenvalue weighted by molar-refractivity contribution is -0.118. The summed E-state index contributed by atoms with van der Waals surface area (Å²) in [6.45, 7) is 1.76. The average molecular weight is 389 g/mol. The number of carbonyl (C=O) groups is 1. The molecule has 0 aliphatic rings. The van der Waals surface area contributed by atoms with E-state index in [1.54, 1.807) is 30.3 Å². The van der Waals surface area contributed by atoms with Gasteiger partial charge >= 0.3 is 0 Å². The molecule has 6 heteroatoms. The number of carbonyl (C=O) groups excluding carboxylic acids is 1. The van der Waals surface area contributed by atoms with Crippen LogP contribution in [-0.2, 0) is 4.79 Å². The first-order valence-electron chi connectivity index (χ1n) is 6.09. The van der Waals surface area contributed by atoms with Gasteiger partial charge in [0.2, 0.25) is 0 Å². The van der Waals surface area contributed by atoms with E-state index < -0.39 is 0 Å². The molecule has 21 heavy (non-hydrogen) atoms. The zero-order valence-corrected chi connectivity index (χ0v) is 14.2. The molecule has 0 heterocycles. The van der Waals surface area contributed by atoms with Crippen LogP contribution in [0.5, 0.6) is 5.75 Å². The fraction of sp³-hybridized carbons (Fsp3) is 0.133. The van der Waals surface area contributed by atoms with E-state index in [1.807, 2.05) is 13.0 Å². The lowest BCUT2D eigenvalue weighted by atomic mass is 10.2. The number of hydrogen-bond acceptors (Lipinski definition) is 2. The summed E-state index contributed by atoms with van der Waals surface area (Å²) in [6, 6.07) is 10.5. The van der Waals surface area contributed by atoms with E-state index in [4.69, 9.17) is 27.9 Å².